The van der Waals surface area contributed by atoms with Crippen LogP contribution >= 0.6 is 23.1 Å². The van der Waals surface area contributed by atoms with Gasteiger partial charge in [-0.15, -0.1) is 11.3 Å². The minimum atomic E-state index is -0.585. The van der Waals surface area contributed by atoms with E-state index in [0.717, 1.165) is 20.3 Å². The average molecular weight is 317 g/mol. The lowest BCUT2D eigenvalue weighted by atomic mass is 10.1. The molecule has 3 nitrogen and oxygen atoms in total. The molecule has 0 aliphatic heterocycles. The third-order valence-corrected chi connectivity index (χ3v) is 5.31. The largest absolute Gasteiger partial charge is 0.496 e. The molecule has 0 saturated carbocycles. The summed E-state index contributed by atoms with van der Waals surface area (Å²) >= 11 is 3.22. The summed E-state index contributed by atoms with van der Waals surface area (Å²) in [5.41, 5.74) is 1.82. The van der Waals surface area contributed by atoms with E-state index in [0.29, 0.717) is 5.75 Å². The first-order valence-electron chi connectivity index (χ1n) is 6.57. The highest BCUT2D eigenvalue weighted by Gasteiger charge is 2.16. The Morgan fingerprint density at radius 1 is 1.19 bits per heavy atom. The van der Waals surface area contributed by atoms with Crippen LogP contribution in [0.4, 0.5) is 0 Å². The molecule has 1 heterocycles. The number of rotatable bonds is 4. The first-order valence-corrected chi connectivity index (χ1v) is 8.20. The number of para-hydroxylation sites is 1. The molecule has 21 heavy (non-hydrogen) atoms. The number of aromatic nitrogens is 1. The molecule has 0 fully saturated rings. The quantitative estimate of drug-likeness (QED) is 0.769. The van der Waals surface area contributed by atoms with Crippen molar-refractivity contribution >= 4 is 33.3 Å². The van der Waals surface area contributed by atoms with E-state index in [1.165, 1.54) is 4.70 Å². The maximum absolute atomic E-state index is 10.0. The van der Waals surface area contributed by atoms with Gasteiger partial charge in [-0.3, -0.25) is 0 Å². The van der Waals surface area contributed by atoms with E-state index in [1.807, 2.05) is 36.4 Å². The molecule has 0 unspecified atom stereocenters. The number of ether oxygens (including phenoxy) is 1. The van der Waals surface area contributed by atoms with Gasteiger partial charge in [-0.05, 0) is 31.2 Å². The monoisotopic (exact) mass is 317 g/mol. The van der Waals surface area contributed by atoms with Crippen LogP contribution < -0.4 is 4.74 Å². The average Bonchev–Trinajstić information content (AvgIpc) is 2.88. The molecule has 1 atom stereocenters. The Morgan fingerprint density at radius 2 is 2.00 bits per heavy atom. The summed E-state index contributed by atoms with van der Waals surface area (Å²) in [7, 11) is 1.62. The van der Waals surface area contributed by atoms with Crippen molar-refractivity contribution in [3.8, 4) is 5.75 Å². The van der Waals surface area contributed by atoms with Gasteiger partial charge in [0.15, 0.2) is 4.34 Å². The topological polar surface area (TPSA) is 42.4 Å². The van der Waals surface area contributed by atoms with E-state index in [9.17, 15) is 5.11 Å². The smallest absolute Gasteiger partial charge is 0.155 e. The van der Waals surface area contributed by atoms with E-state index >= 15 is 0 Å². The number of aliphatic hydroxyl groups is 1. The number of nitrogens with zero attached hydrogens (tertiary/aromatic N) is 1. The van der Waals surface area contributed by atoms with Gasteiger partial charge in [0.2, 0.25) is 0 Å². The minimum absolute atomic E-state index is 0.585. The number of fused-ring (bicyclic) bond motifs is 1. The van der Waals surface area contributed by atoms with Crippen molar-refractivity contribution in [2.75, 3.05) is 7.11 Å². The van der Waals surface area contributed by atoms with Gasteiger partial charge in [-0.2, -0.15) is 0 Å². The second kappa shape index (κ2) is 6.05. The summed E-state index contributed by atoms with van der Waals surface area (Å²) in [5.74, 6) is 0.705. The van der Waals surface area contributed by atoms with Crippen LogP contribution in [0.2, 0.25) is 0 Å². The standard InChI is InChI=1S/C16H15NO2S2/c1-10(18)15-12(19-2)7-5-9-14(15)21-16-17-11-6-3-4-8-13(11)20-16/h3-10,18H,1-2H3/t10-/m0/s1. The molecule has 0 aliphatic carbocycles. The fourth-order valence-corrected chi connectivity index (χ4v) is 4.45. The number of benzene rings is 2. The number of hydrogen-bond donors (Lipinski definition) is 1. The molecule has 1 N–H and O–H groups in total. The summed E-state index contributed by atoms with van der Waals surface area (Å²) < 4.78 is 7.49. The lowest BCUT2D eigenvalue weighted by Crippen LogP contribution is -1.98. The molecule has 0 aliphatic rings. The van der Waals surface area contributed by atoms with E-state index in [4.69, 9.17) is 4.74 Å². The lowest BCUT2D eigenvalue weighted by molar-refractivity contribution is 0.191. The van der Waals surface area contributed by atoms with Crippen LogP contribution in [-0.4, -0.2) is 17.2 Å². The van der Waals surface area contributed by atoms with E-state index in [1.54, 1.807) is 37.1 Å². The number of aliphatic hydroxyl groups excluding tert-OH is 1. The highest BCUT2D eigenvalue weighted by molar-refractivity contribution is 8.01. The van der Waals surface area contributed by atoms with Crippen molar-refractivity contribution in [1.29, 1.82) is 0 Å². The second-order valence-corrected chi connectivity index (χ2v) is 6.92. The lowest BCUT2D eigenvalue weighted by Gasteiger charge is -2.14. The Hall–Kier alpha value is -1.56. The molecule has 0 spiro atoms. The van der Waals surface area contributed by atoms with Crippen LogP contribution in [0.25, 0.3) is 10.2 Å². The molecule has 0 bridgehead atoms. The number of hydrogen-bond acceptors (Lipinski definition) is 5. The molecular formula is C16H15NO2S2. The number of thiazole rings is 1. The van der Waals surface area contributed by atoms with Gasteiger partial charge in [-0.25, -0.2) is 4.98 Å². The van der Waals surface area contributed by atoms with Gasteiger partial charge in [-0.1, -0.05) is 30.0 Å². The third-order valence-electron chi connectivity index (χ3n) is 3.14. The summed E-state index contributed by atoms with van der Waals surface area (Å²) in [6.45, 7) is 1.75. The highest BCUT2D eigenvalue weighted by atomic mass is 32.2. The van der Waals surface area contributed by atoms with Gasteiger partial charge >= 0.3 is 0 Å². The fourth-order valence-electron chi connectivity index (χ4n) is 2.19. The van der Waals surface area contributed by atoms with Crippen LogP contribution in [0.3, 0.4) is 0 Å². The molecule has 108 valence electrons. The fraction of sp³-hybridized carbons (Fsp3) is 0.188. The van der Waals surface area contributed by atoms with Crippen molar-refractivity contribution < 1.29 is 9.84 Å². The zero-order valence-corrected chi connectivity index (χ0v) is 13.4. The molecule has 0 amide bonds. The summed E-state index contributed by atoms with van der Waals surface area (Å²) in [5, 5.41) is 10.0. The Kier molecular flexibility index (Phi) is 4.14. The van der Waals surface area contributed by atoms with E-state index < -0.39 is 6.10 Å². The van der Waals surface area contributed by atoms with Crippen molar-refractivity contribution in [2.24, 2.45) is 0 Å². The zero-order valence-electron chi connectivity index (χ0n) is 11.7. The maximum atomic E-state index is 10.0. The molecule has 5 heteroatoms. The SMILES string of the molecule is COc1cccc(Sc2nc3ccccc3s2)c1[C@H](C)O. The van der Waals surface area contributed by atoms with Crippen molar-refractivity contribution in [1.82, 2.24) is 4.98 Å². The molecule has 3 aromatic rings. The molecule has 0 radical (unpaired) electrons. The Morgan fingerprint density at radius 3 is 2.71 bits per heavy atom. The summed E-state index contributed by atoms with van der Waals surface area (Å²) in [6.07, 6.45) is -0.585. The number of methoxy groups -OCH3 is 1. The molecular weight excluding hydrogens is 302 g/mol. The zero-order chi connectivity index (χ0) is 14.8. The van der Waals surface area contributed by atoms with Crippen molar-refractivity contribution in [2.45, 2.75) is 22.3 Å². The first-order chi connectivity index (χ1) is 10.2. The Balaban J connectivity index is 2.01. The maximum Gasteiger partial charge on any atom is 0.155 e. The van der Waals surface area contributed by atoms with Gasteiger partial charge in [0.25, 0.3) is 0 Å². The van der Waals surface area contributed by atoms with Crippen LogP contribution in [0.5, 0.6) is 5.75 Å². The molecule has 1 aromatic heterocycles. The first kappa shape index (κ1) is 14.4. The summed E-state index contributed by atoms with van der Waals surface area (Å²) in [6, 6.07) is 13.9. The van der Waals surface area contributed by atoms with Crippen molar-refractivity contribution in [3.05, 3.63) is 48.0 Å². The Labute approximate surface area is 131 Å². The Bertz CT molecular complexity index is 735. The van der Waals surface area contributed by atoms with E-state index in [2.05, 4.69) is 11.1 Å². The van der Waals surface area contributed by atoms with Crippen LogP contribution in [0.1, 0.15) is 18.6 Å². The molecule has 3 rings (SSSR count). The molecule has 0 saturated heterocycles. The normalized spacial score (nSPS) is 12.5. The third kappa shape index (κ3) is 2.90. The second-order valence-electron chi connectivity index (χ2n) is 4.60. The minimum Gasteiger partial charge on any atom is -0.496 e. The van der Waals surface area contributed by atoms with Crippen LogP contribution in [-0.2, 0) is 0 Å². The summed E-state index contributed by atoms with van der Waals surface area (Å²) in [4.78, 5) is 5.60. The van der Waals surface area contributed by atoms with Crippen molar-refractivity contribution in [3.63, 3.8) is 0 Å². The van der Waals surface area contributed by atoms with Gasteiger partial charge in [0.1, 0.15) is 5.75 Å². The van der Waals surface area contributed by atoms with Gasteiger partial charge < -0.3 is 9.84 Å². The van der Waals surface area contributed by atoms with E-state index in [-0.39, 0.29) is 0 Å². The van der Waals surface area contributed by atoms with Crippen LogP contribution in [0.15, 0.2) is 51.7 Å². The van der Waals surface area contributed by atoms with Crippen LogP contribution in [0, 0.1) is 0 Å². The molecule has 2 aromatic carbocycles. The predicted molar refractivity (Wildman–Crippen MR) is 87.4 cm³/mol. The van der Waals surface area contributed by atoms with Gasteiger partial charge in [0.05, 0.1) is 23.4 Å². The predicted octanol–water partition coefficient (Wildman–Crippen LogP) is 4.51. The highest BCUT2D eigenvalue weighted by Crippen LogP contribution is 2.40. The van der Waals surface area contributed by atoms with Gasteiger partial charge in [0, 0.05) is 10.5 Å².